The van der Waals surface area contributed by atoms with Crippen LogP contribution in [-0.4, -0.2) is 39.6 Å². The lowest BCUT2D eigenvalue weighted by molar-refractivity contribution is -0.134. The van der Waals surface area contributed by atoms with Gasteiger partial charge in [0.1, 0.15) is 11.2 Å². The van der Waals surface area contributed by atoms with Gasteiger partial charge in [0.05, 0.1) is 12.2 Å². The van der Waals surface area contributed by atoms with Gasteiger partial charge in [0.25, 0.3) is 0 Å². The molecule has 1 aromatic heterocycles. The number of aromatic nitrogens is 2. The standard InChI is InChI=1S/C21H29ClN4O2/c1-6-12-26(20(28)19(22)15-10-8-7-9-11-15)14-18(27)23-17-13-16(21(2,3)4)24-25(17)5/h7-11,13,19H,6,12,14H2,1-5H3,(H,23,27)/t19-/m0/s1. The number of alkyl halides is 1. The largest absolute Gasteiger partial charge is 0.332 e. The van der Waals surface area contributed by atoms with Gasteiger partial charge in [-0.2, -0.15) is 5.10 Å². The Hall–Kier alpha value is -2.34. The Bertz CT molecular complexity index is 812. The van der Waals surface area contributed by atoms with Crippen LogP contribution in [-0.2, 0) is 22.1 Å². The zero-order chi connectivity index (χ0) is 20.9. The summed E-state index contributed by atoms with van der Waals surface area (Å²) >= 11 is 6.37. The topological polar surface area (TPSA) is 67.2 Å². The van der Waals surface area contributed by atoms with E-state index in [0.29, 0.717) is 12.4 Å². The SMILES string of the molecule is CCCN(CC(=O)Nc1cc(C(C)(C)C)nn1C)C(=O)[C@@H](Cl)c1ccccc1. The molecule has 0 aliphatic carbocycles. The monoisotopic (exact) mass is 404 g/mol. The van der Waals surface area contributed by atoms with Crippen LogP contribution in [0.5, 0.6) is 0 Å². The average Bonchev–Trinajstić information content (AvgIpc) is 3.01. The predicted molar refractivity (Wildman–Crippen MR) is 112 cm³/mol. The van der Waals surface area contributed by atoms with Crippen LogP contribution in [0.3, 0.4) is 0 Å². The minimum absolute atomic E-state index is 0.0568. The third kappa shape index (κ3) is 5.58. The van der Waals surface area contributed by atoms with E-state index in [0.717, 1.165) is 17.7 Å². The molecule has 6 nitrogen and oxygen atoms in total. The Kier molecular flexibility index (Phi) is 7.24. The van der Waals surface area contributed by atoms with E-state index in [1.165, 1.54) is 4.90 Å². The van der Waals surface area contributed by atoms with E-state index in [1.54, 1.807) is 11.7 Å². The minimum Gasteiger partial charge on any atom is -0.332 e. The summed E-state index contributed by atoms with van der Waals surface area (Å²) in [6.07, 6.45) is 0.733. The van der Waals surface area contributed by atoms with Crippen molar-refractivity contribution in [2.75, 3.05) is 18.4 Å². The van der Waals surface area contributed by atoms with E-state index in [2.05, 4.69) is 31.2 Å². The van der Waals surface area contributed by atoms with Gasteiger partial charge >= 0.3 is 0 Å². The van der Waals surface area contributed by atoms with Crippen molar-refractivity contribution in [3.05, 3.63) is 47.7 Å². The quantitative estimate of drug-likeness (QED) is 0.712. The third-order valence-corrected chi connectivity index (χ3v) is 4.80. The molecule has 0 saturated heterocycles. The van der Waals surface area contributed by atoms with Gasteiger partial charge in [-0.3, -0.25) is 14.3 Å². The minimum atomic E-state index is -0.815. The molecule has 0 spiro atoms. The summed E-state index contributed by atoms with van der Waals surface area (Å²) in [7, 11) is 1.78. The van der Waals surface area contributed by atoms with E-state index < -0.39 is 5.38 Å². The molecule has 0 radical (unpaired) electrons. The first-order valence-electron chi connectivity index (χ1n) is 9.45. The van der Waals surface area contributed by atoms with Crippen LogP contribution in [0.1, 0.15) is 50.8 Å². The number of hydrogen-bond acceptors (Lipinski definition) is 3. The fourth-order valence-corrected chi connectivity index (χ4v) is 3.05. The maximum absolute atomic E-state index is 12.8. The molecule has 0 saturated carbocycles. The molecule has 1 N–H and O–H groups in total. The van der Waals surface area contributed by atoms with Gasteiger partial charge in [-0.1, -0.05) is 58.0 Å². The molecule has 2 amide bonds. The van der Waals surface area contributed by atoms with Crippen LogP contribution >= 0.6 is 11.6 Å². The molecule has 1 atom stereocenters. The highest BCUT2D eigenvalue weighted by atomic mass is 35.5. The summed E-state index contributed by atoms with van der Waals surface area (Å²) in [5.41, 5.74) is 1.49. The Morgan fingerprint density at radius 2 is 1.89 bits per heavy atom. The molecule has 0 aliphatic heterocycles. The van der Waals surface area contributed by atoms with Crippen LogP contribution < -0.4 is 5.32 Å². The van der Waals surface area contributed by atoms with Gasteiger partial charge in [-0.25, -0.2) is 0 Å². The molecular formula is C21H29ClN4O2. The molecule has 28 heavy (non-hydrogen) atoms. The maximum Gasteiger partial charge on any atom is 0.245 e. The zero-order valence-electron chi connectivity index (χ0n) is 17.2. The first-order valence-corrected chi connectivity index (χ1v) is 9.89. The molecular weight excluding hydrogens is 376 g/mol. The Balaban J connectivity index is 2.08. The van der Waals surface area contributed by atoms with E-state index in [4.69, 9.17) is 11.6 Å². The molecule has 0 aliphatic rings. The van der Waals surface area contributed by atoms with E-state index in [9.17, 15) is 9.59 Å². The molecule has 0 unspecified atom stereocenters. The summed E-state index contributed by atoms with van der Waals surface area (Å²) in [5.74, 6) is 0.0525. The van der Waals surface area contributed by atoms with Crippen LogP contribution in [0.25, 0.3) is 0 Å². The van der Waals surface area contributed by atoms with Crippen molar-refractivity contribution in [2.24, 2.45) is 7.05 Å². The van der Waals surface area contributed by atoms with Gasteiger partial charge < -0.3 is 10.2 Å². The maximum atomic E-state index is 12.8. The molecule has 1 heterocycles. The van der Waals surface area contributed by atoms with Crippen molar-refractivity contribution in [3.8, 4) is 0 Å². The highest BCUT2D eigenvalue weighted by Gasteiger charge is 2.26. The average molecular weight is 405 g/mol. The number of aryl methyl sites for hydroxylation is 1. The van der Waals surface area contributed by atoms with Gasteiger partial charge in [-0.15, -0.1) is 11.6 Å². The van der Waals surface area contributed by atoms with Crippen molar-refractivity contribution in [1.29, 1.82) is 0 Å². The van der Waals surface area contributed by atoms with Crippen LogP contribution in [0.4, 0.5) is 5.82 Å². The summed E-state index contributed by atoms with van der Waals surface area (Å²) in [6.45, 7) is 8.55. The lowest BCUT2D eigenvalue weighted by Crippen LogP contribution is -2.40. The number of carbonyl (C=O) groups is 2. The first kappa shape index (κ1) is 22.0. The van der Waals surface area contributed by atoms with Crippen LogP contribution in [0.15, 0.2) is 36.4 Å². The van der Waals surface area contributed by atoms with Crippen molar-refractivity contribution < 1.29 is 9.59 Å². The smallest absolute Gasteiger partial charge is 0.245 e. The van der Waals surface area contributed by atoms with Gasteiger partial charge in [0, 0.05) is 25.1 Å². The van der Waals surface area contributed by atoms with Gasteiger partial charge in [0.2, 0.25) is 11.8 Å². The lowest BCUT2D eigenvalue weighted by Gasteiger charge is -2.24. The summed E-state index contributed by atoms with van der Waals surface area (Å²) in [6, 6.07) is 11.0. The Labute approximate surface area is 171 Å². The molecule has 2 aromatic rings. The highest BCUT2D eigenvalue weighted by Crippen LogP contribution is 2.24. The molecule has 0 fully saturated rings. The second-order valence-electron chi connectivity index (χ2n) is 7.87. The van der Waals surface area contributed by atoms with Crippen LogP contribution in [0, 0.1) is 0 Å². The van der Waals surface area contributed by atoms with Crippen molar-refractivity contribution in [2.45, 2.75) is 44.9 Å². The van der Waals surface area contributed by atoms with Crippen LogP contribution in [0.2, 0.25) is 0 Å². The number of amides is 2. The second-order valence-corrected chi connectivity index (χ2v) is 8.31. The lowest BCUT2D eigenvalue weighted by atomic mass is 9.92. The Morgan fingerprint density at radius 1 is 1.25 bits per heavy atom. The van der Waals surface area contributed by atoms with Crippen molar-refractivity contribution >= 4 is 29.2 Å². The van der Waals surface area contributed by atoms with E-state index in [1.807, 2.05) is 43.3 Å². The number of rotatable bonds is 7. The van der Waals surface area contributed by atoms with E-state index in [-0.39, 0.29) is 23.8 Å². The second kappa shape index (κ2) is 9.24. The number of nitrogens with one attached hydrogen (secondary N) is 1. The zero-order valence-corrected chi connectivity index (χ0v) is 18.0. The van der Waals surface area contributed by atoms with Crippen molar-refractivity contribution in [3.63, 3.8) is 0 Å². The van der Waals surface area contributed by atoms with E-state index >= 15 is 0 Å². The fourth-order valence-electron chi connectivity index (χ4n) is 2.77. The Morgan fingerprint density at radius 3 is 2.43 bits per heavy atom. The molecule has 2 rings (SSSR count). The van der Waals surface area contributed by atoms with Gasteiger partial charge in [-0.05, 0) is 12.0 Å². The highest BCUT2D eigenvalue weighted by molar-refractivity contribution is 6.30. The first-order chi connectivity index (χ1) is 13.1. The predicted octanol–water partition coefficient (Wildman–Crippen LogP) is 3.87. The third-order valence-electron chi connectivity index (χ3n) is 4.36. The fraction of sp³-hybridized carbons (Fsp3) is 0.476. The number of benzene rings is 1. The molecule has 7 heteroatoms. The number of hydrogen-bond donors (Lipinski definition) is 1. The number of carbonyl (C=O) groups excluding carboxylic acids is 2. The molecule has 1 aromatic carbocycles. The molecule has 0 bridgehead atoms. The summed E-state index contributed by atoms with van der Waals surface area (Å²) in [5, 5.41) is 6.49. The van der Waals surface area contributed by atoms with Crippen molar-refractivity contribution in [1.82, 2.24) is 14.7 Å². The summed E-state index contributed by atoms with van der Waals surface area (Å²) in [4.78, 5) is 26.9. The van der Waals surface area contributed by atoms with Gasteiger partial charge in [0.15, 0.2) is 0 Å². The number of halogens is 1. The number of anilines is 1. The summed E-state index contributed by atoms with van der Waals surface area (Å²) < 4.78 is 1.64. The molecule has 152 valence electrons. The normalized spacial score (nSPS) is 12.5. The number of nitrogens with zero attached hydrogens (tertiary/aromatic N) is 3.